The molecule has 1 aliphatic rings. The summed E-state index contributed by atoms with van der Waals surface area (Å²) in [6.45, 7) is 5.47. The molecule has 23 heavy (non-hydrogen) atoms. The fourth-order valence-electron chi connectivity index (χ4n) is 3.75. The molecule has 1 aromatic rings. The average molecular weight is 327 g/mol. The van der Waals surface area contributed by atoms with Crippen LogP contribution in [0.1, 0.15) is 63.0 Å². The number of aryl methyl sites for hydroxylation is 1. The molecule has 0 aliphatic heterocycles. The van der Waals surface area contributed by atoms with Gasteiger partial charge < -0.3 is 4.90 Å². The van der Waals surface area contributed by atoms with Gasteiger partial charge in [0.15, 0.2) is 0 Å². The number of nitrogens with zero attached hydrogens (tertiary/aromatic N) is 3. The molecule has 1 aliphatic carbocycles. The molecule has 0 N–H and O–H groups in total. The van der Waals surface area contributed by atoms with Crippen LogP contribution in [0.2, 0.25) is 0 Å². The van der Waals surface area contributed by atoms with Crippen LogP contribution < -0.4 is 0 Å². The van der Waals surface area contributed by atoms with Gasteiger partial charge in [-0.25, -0.2) is 4.68 Å². The predicted octanol–water partition coefficient (Wildman–Crippen LogP) is 3.86. The van der Waals surface area contributed by atoms with Gasteiger partial charge in [0.25, 0.3) is 0 Å². The maximum atomic E-state index is 12.9. The minimum Gasteiger partial charge on any atom is -0.339 e. The molecule has 2 atom stereocenters. The van der Waals surface area contributed by atoms with Crippen LogP contribution >= 0.6 is 0 Å². The van der Waals surface area contributed by atoms with E-state index in [1.54, 1.807) is 13.8 Å². The van der Waals surface area contributed by atoms with E-state index in [4.69, 9.17) is 0 Å². The van der Waals surface area contributed by atoms with Crippen LogP contribution in [0.5, 0.6) is 0 Å². The minimum absolute atomic E-state index is 0.0197. The third-order valence-corrected chi connectivity index (χ3v) is 5.12. The van der Waals surface area contributed by atoms with Gasteiger partial charge in [0, 0.05) is 23.8 Å². The number of carbonyl (C=O) groups is 1. The summed E-state index contributed by atoms with van der Waals surface area (Å²) in [7, 11) is 0. The second-order valence-corrected chi connectivity index (χ2v) is 6.56. The van der Waals surface area contributed by atoms with E-state index in [1.165, 1.54) is 6.42 Å². The van der Waals surface area contributed by atoms with E-state index in [0.717, 1.165) is 19.3 Å². The standard InChI is InChI=1S/C17H27F2N3O/c1-5-21(15-9-7-6-8-11(15)2)16(23)10-14-12(3)20-22(13(14)4)17(18)19/h11,15,17H,5-10H2,1-4H3. The maximum Gasteiger partial charge on any atom is 0.333 e. The van der Waals surface area contributed by atoms with Crippen molar-refractivity contribution < 1.29 is 13.6 Å². The molecule has 0 aromatic carbocycles. The second kappa shape index (κ2) is 7.41. The summed E-state index contributed by atoms with van der Waals surface area (Å²) in [5, 5.41) is 3.87. The van der Waals surface area contributed by atoms with Crippen molar-refractivity contribution in [3.05, 3.63) is 17.0 Å². The number of amides is 1. The van der Waals surface area contributed by atoms with Gasteiger partial charge in [0.2, 0.25) is 5.91 Å². The van der Waals surface area contributed by atoms with Crippen LogP contribution in [0.3, 0.4) is 0 Å². The van der Waals surface area contributed by atoms with Gasteiger partial charge >= 0.3 is 6.55 Å². The van der Waals surface area contributed by atoms with Crippen molar-refractivity contribution in [2.24, 2.45) is 5.92 Å². The number of rotatable bonds is 5. The Morgan fingerprint density at radius 1 is 1.35 bits per heavy atom. The van der Waals surface area contributed by atoms with Crippen molar-refractivity contribution in [2.45, 2.75) is 72.4 Å². The molecule has 0 saturated heterocycles. The Balaban J connectivity index is 2.17. The van der Waals surface area contributed by atoms with Crippen molar-refractivity contribution in [2.75, 3.05) is 6.54 Å². The Bertz CT molecular complexity index is 556. The summed E-state index contributed by atoms with van der Waals surface area (Å²) in [5.74, 6) is 0.518. The van der Waals surface area contributed by atoms with Crippen LogP contribution in [-0.4, -0.2) is 33.2 Å². The number of aromatic nitrogens is 2. The zero-order chi connectivity index (χ0) is 17.1. The number of halogens is 2. The van der Waals surface area contributed by atoms with Gasteiger partial charge in [-0.3, -0.25) is 4.79 Å². The lowest BCUT2D eigenvalue weighted by Crippen LogP contribution is -2.45. The van der Waals surface area contributed by atoms with Gasteiger partial charge in [-0.15, -0.1) is 0 Å². The van der Waals surface area contributed by atoms with Crippen molar-refractivity contribution >= 4 is 5.91 Å². The van der Waals surface area contributed by atoms with Crippen LogP contribution in [0.25, 0.3) is 0 Å². The van der Waals surface area contributed by atoms with Gasteiger partial charge in [-0.2, -0.15) is 13.9 Å². The Morgan fingerprint density at radius 2 is 2.00 bits per heavy atom. The topological polar surface area (TPSA) is 38.1 Å². The molecule has 1 aromatic heterocycles. The monoisotopic (exact) mass is 327 g/mol. The van der Waals surface area contributed by atoms with Crippen LogP contribution in [0, 0.1) is 19.8 Å². The second-order valence-electron chi connectivity index (χ2n) is 6.56. The minimum atomic E-state index is -2.67. The van der Waals surface area contributed by atoms with E-state index >= 15 is 0 Å². The third kappa shape index (κ3) is 3.72. The van der Waals surface area contributed by atoms with Crippen LogP contribution in [0.15, 0.2) is 0 Å². The summed E-state index contributed by atoms with van der Waals surface area (Å²) in [6.07, 6.45) is 4.72. The molecule has 0 spiro atoms. The van der Waals surface area contributed by atoms with Crippen molar-refractivity contribution in [3.63, 3.8) is 0 Å². The molecule has 6 heteroatoms. The average Bonchev–Trinajstić information content (AvgIpc) is 2.78. The lowest BCUT2D eigenvalue weighted by Gasteiger charge is -2.38. The van der Waals surface area contributed by atoms with Crippen LogP contribution in [0.4, 0.5) is 8.78 Å². The zero-order valence-corrected chi connectivity index (χ0v) is 14.5. The summed E-state index contributed by atoms with van der Waals surface area (Å²) in [6, 6.07) is 0.270. The van der Waals surface area contributed by atoms with Gasteiger partial charge in [-0.1, -0.05) is 19.8 Å². The highest BCUT2D eigenvalue weighted by Crippen LogP contribution is 2.29. The summed E-state index contributed by atoms with van der Waals surface area (Å²) in [5.41, 5.74) is 1.54. The summed E-state index contributed by atoms with van der Waals surface area (Å²) >= 11 is 0. The quantitative estimate of drug-likeness (QED) is 0.823. The smallest absolute Gasteiger partial charge is 0.333 e. The normalized spacial score (nSPS) is 21.7. The SMILES string of the molecule is CCN(C(=O)Cc1c(C)nn(C(F)F)c1C)C1CCCCC1C. The van der Waals surface area contributed by atoms with E-state index in [2.05, 4.69) is 12.0 Å². The first-order valence-electron chi connectivity index (χ1n) is 8.49. The number of carbonyl (C=O) groups excluding carboxylic acids is 1. The molecule has 2 unspecified atom stereocenters. The number of hydrogen-bond donors (Lipinski definition) is 0. The first kappa shape index (κ1) is 17.9. The molecule has 1 fully saturated rings. The lowest BCUT2D eigenvalue weighted by molar-refractivity contribution is -0.134. The summed E-state index contributed by atoms with van der Waals surface area (Å²) in [4.78, 5) is 14.7. The first-order chi connectivity index (χ1) is 10.9. The molecule has 1 saturated carbocycles. The molecule has 130 valence electrons. The first-order valence-corrected chi connectivity index (χ1v) is 8.49. The molecule has 4 nitrogen and oxygen atoms in total. The van der Waals surface area contributed by atoms with Crippen molar-refractivity contribution in [1.82, 2.24) is 14.7 Å². The van der Waals surface area contributed by atoms with Gasteiger partial charge in [0.1, 0.15) is 0 Å². The molecule has 1 amide bonds. The van der Waals surface area contributed by atoms with E-state index in [9.17, 15) is 13.6 Å². The Morgan fingerprint density at radius 3 is 2.52 bits per heavy atom. The van der Waals surface area contributed by atoms with Crippen molar-refractivity contribution in [3.8, 4) is 0 Å². The molecule has 1 heterocycles. The summed E-state index contributed by atoms with van der Waals surface area (Å²) < 4.78 is 26.6. The number of hydrogen-bond acceptors (Lipinski definition) is 2. The van der Waals surface area contributed by atoms with Gasteiger partial charge in [-0.05, 0) is 39.5 Å². The lowest BCUT2D eigenvalue weighted by atomic mass is 9.84. The number of alkyl halides is 2. The fourth-order valence-corrected chi connectivity index (χ4v) is 3.75. The largest absolute Gasteiger partial charge is 0.339 e. The third-order valence-electron chi connectivity index (χ3n) is 5.12. The van der Waals surface area contributed by atoms with E-state index in [-0.39, 0.29) is 18.4 Å². The highest BCUT2D eigenvalue weighted by atomic mass is 19.3. The Kier molecular flexibility index (Phi) is 5.76. The Hall–Kier alpha value is -1.46. The molecular weight excluding hydrogens is 300 g/mol. The van der Waals surface area contributed by atoms with E-state index < -0.39 is 6.55 Å². The highest BCUT2D eigenvalue weighted by Gasteiger charge is 2.30. The number of likely N-dealkylation sites (N-methyl/N-ethyl adjacent to an activating group) is 1. The zero-order valence-electron chi connectivity index (χ0n) is 14.5. The molecule has 0 radical (unpaired) electrons. The molecule has 0 bridgehead atoms. The van der Waals surface area contributed by atoms with Gasteiger partial charge in [0.05, 0.1) is 12.1 Å². The maximum absolute atomic E-state index is 12.9. The van der Waals surface area contributed by atoms with Crippen molar-refractivity contribution in [1.29, 1.82) is 0 Å². The van der Waals surface area contributed by atoms with E-state index in [0.29, 0.717) is 34.1 Å². The van der Waals surface area contributed by atoms with Crippen LogP contribution in [-0.2, 0) is 11.2 Å². The molecule has 2 rings (SSSR count). The predicted molar refractivity (Wildman–Crippen MR) is 85.5 cm³/mol. The van der Waals surface area contributed by atoms with E-state index in [1.807, 2.05) is 11.8 Å². The highest BCUT2D eigenvalue weighted by molar-refractivity contribution is 5.79. The Labute approximate surface area is 136 Å². The molecular formula is C17H27F2N3O. The fraction of sp³-hybridized carbons (Fsp3) is 0.765.